The van der Waals surface area contributed by atoms with Gasteiger partial charge in [0.1, 0.15) is 12.1 Å². The number of ether oxygens (including phenoxy) is 2. The highest BCUT2D eigenvalue weighted by molar-refractivity contribution is 5.82. The molecule has 132 valence electrons. The zero-order valence-corrected chi connectivity index (χ0v) is 14.2. The van der Waals surface area contributed by atoms with Crippen molar-refractivity contribution in [1.82, 2.24) is 15.5 Å². The van der Waals surface area contributed by atoms with Crippen molar-refractivity contribution >= 4 is 5.91 Å². The van der Waals surface area contributed by atoms with Gasteiger partial charge in [0.05, 0.1) is 0 Å². The van der Waals surface area contributed by atoms with Crippen LogP contribution in [0.2, 0.25) is 0 Å². The summed E-state index contributed by atoms with van der Waals surface area (Å²) in [5.41, 5.74) is -0.614. The Morgan fingerprint density at radius 3 is 2.68 bits per heavy atom. The zero-order valence-electron chi connectivity index (χ0n) is 14.2. The lowest BCUT2D eigenvalue weighted by Gasteiger charge is -2.36. The van der Waals surface area contributed by atoms with Crippen LogP contribution in [-0.2, 0) is 10.3 Å². The van der Waals surface area contributed by atoms with Crippen molar-refractivity contribution in [3.8, 4) is 11.5 Å². The molecule has 2 aliphatic rings. The van der Waals surface area contributed by atoms with Gasteiger partial charge in [0.25, 0.3) is 11.8 Å². The molecule has 1 atom stereocenters. The van der Waals surface area contributed by atoms with Crippen LogP contribution in [0.25, 0.3) is 0 Å². The molecule has 0 spiro atoms. The number of amides is 1. The van der Waals surface area contributed by atoms with Gasteiger partial charge in [-0.15, -0.1) is 0 Å². The molecule has 1 unspecified atom stereocenters. The molecule has 1 amide bonds. The molecule has 2 aromatic rings. The third-order valence-electron chi connectivity index (χ3n) is 4.81. The number of para-hydroxylation sites is 2. The van der Waals surface area contributed by atoms with Gasteiger partial charge in [0.15, 0.2) is 17.3 Å². The van der Waals surface area contributed by atoms with Gasteiger partial charge in [-0.2, -0.15) is 4.98 Å². The summed E-state index contributed by atoms with van der Waals surface area (Å²) in [6.07, 6.45) is 4.02. The van der Waals surface area contributed by atoms with Crippen LogP contribution in [0.1, 0.15) is 43.8 Å². The number of hydrogen-bond acceptors (Lipinski definition) is 6. The maximum absolute atomic E-state index is 12.9. The minimum Gasteiger partial charge on any atom is -0.485 e. The molecule has 2 heterocycles. The molecule has 0 bridgehead atoms. The first-order valence-corrected chi connectivity index (χ1v) is 8.68. The van der Waals surface area contributed by atoms with Crippen LogP contribution in [0.3, 0.4) is 0 Å². The van der Waals surface area contributed by atoms with E-state index in [1.807, 2.05) is 18.2 Å². The molecule has 7 heteroatoms. The van der Waals surface area contributed by atoms with Crippen molar-refractivity contribution in [2.45, 2.75) is 50.7 Å². The molecule has 0 radical (unpaired) electrons. The van der Waals surface area contributed by atoms with E-state index in [0.717, 1.165) is 32.1 Å². The highest BCUT2D eigenvalue weighted by Gasteiger charge is 2.42. The molecule has 7 nitrogen and oxygen atoms in total. The SMILES string of the molecule is Cc1noc(C2(NC(=O)C3COc4ccccc4O3)CCCCC2)n1. The predicted octanol–water partition coefficient (Wildman–Crippen LogP) is 2.49. The van der Waals surface area contributed by atoms with Crippen LogP contribution in [-0.4, -0.2) is 28.8 Å². The number of aryl methyl sites for hydroxylation is 1. The van der Waals surface area contributed by atoms with Gasteiger partial charge in [-0.1, -0.05) is 36.6 Å². The topological polar surface area (TPSA) is 86.5 Å². The minimum atomic E-state index is -0.697. The number of nitrogens with zero attached hydrogens (tertiary/aromatic N) is 2. The van der Waals surface area contributed by atoms with Crippen molar-refractivity contribution in [3.05, 3.63) is 36.0 Å². The van der Waals surface area contributed by atoms with Crippen LogP contribution in [0.5, 0.6) is 11.5 Å². The lowest BCUT2D eigenvalue weighted by Crippen LogP contribution is -2.54. The Hall–Kier alpha value is -2.57. The fourth-order valence-corrected chi connectivity index (χ4v) is 3.50. The number of fused-ring (bicyclic) bond motifs is 1. The number of rotatable bonds is 3. The summed E-state index contributed by atoms with van der Waals surface area (Å²) in [5.74, 6) is 2.08. The summed E-state index contributed by atoms with van der Waals surface area (Å²) < 4.78 is 16.9. The zero-order chi connectivity index (χ0) is 17.3. The van der Waals surface area contributed by atoms with Gasteiger partial charge in [-0.05, 0) is 31.9 Å². The molecule has 1 aliphatic heterocycles. The summed E-state index contributed by atoms with van der Waals surface area (Å²) in [4.78, 5) is 17.2. The Kier molecular flexibility index (Phi) is 4.07. The second-order valence-electron chi connectivity index (χ2n) is 6.64. The summed E-state index contributed by atoms with van der Waals surface area (Å²) in [6, 6.07) is 7.35. The quantitative estimate of drug-likeness (QED) is 0.921. The Morgan fingerprint density at radius 2 is 1.96 bits per heavy atom. The Morgan fingerprint density at radius 1 is 1.20 bits per heavy atom. The van der Waals surface area contributed by atoms with E-state index in [0.29, 0.717) is 23.2 Å². The van der Waals surface area contributed by atoms with E-state index < -0.39 is 11.6 Å². The average molecular weight is 343 g/mol. The van der Waals surface area contributed by atoms with Crippen LogP contribution < -0.4 is 14.8 Å². The average Bonchev–Trinajstić information content (AvgIpc) is 3.09. The number of carbonyl (C=O) groups excluding carboxylic acids is 1. The fourth-order valence-electron chi connectivity index (χ4n) is 3.50. The van der Waals surface area contributed by atoms with Crippen LogP contribution >= 0.6 is 0 Å². The third-order valence-corrected chi connectivity index (χ3v) is 4.81. The predicted molar refractivity (Wildman–Crippen MR) is 88.3 cm³/mol. The molecule has 4 rings (SSSR count). The Bertz CT molecular complexity index is 767. The maximum Gasteiger partial charge on any atom is 0.265 e. The number of nitrogens with one attached hydrogen (secondary N) is 1. The number of carbonyl (C=O) groups is 1. The first kappa shape index (κ1) is 15.9. The molecule has 1 fully saturated rings. The molecular formula is C18H21N3O4. The van der Waals surface area contributed by atoms with E-state index >= 15 is 0 Å². The van der Waals surface area contributed by atoms with E-state index in [4.69, 9.17) is 14.0 Å². The number of hydrogen-bond donors (Lipinski definition) is 1. The minimum absolute atomic E-state index is 0.182. The fraction of sp³-hybridized carbons (Fsp3) is 0.500. The molecular weight excluding hydrogens is 322 g/mol. The van der Waals surface area contributed by atoms with E-state index in [1.165, 1.54) is 0 Å². The summed E-state index contributed by atoms with van der Waals surface area (Å²) in [7, 11) is 0. The summed E-state index contributed by atoms with van der Waals surface area (Å²) >= 11 is 0. The molecule has 1 N–H and O–H groups in total. The normalized spacial score (nSPS) is 21.6. The first-order chi connectivity index (χ1) is 12.2. The van der Waals surface area contributed by atoms with E-state index in [9.17, 15) is 4.79 Å². The van der Waals surface area contributed by atoms with Gasteiger partial charge in [-0.3, -0.25) is 4.79 Å². The molecule has 0 saturated heterocycles. The standard InChI is InChI=1S/C18H21N3O4/c1-12-19-17(25-21-12)18(9-5-2-6-10-18)20-16(22)15-11-23-13-7-3-4-8-14(13)24-15/h3-4,7-8,15H,2,5-6,9-11H2,1H3,(H,20,22). The highest BCUT2D eigenvalue weighted by atomic mass is 16.6. The molecule has 1 aromatic heterocycles. The van der Waals surface area contributed by atoms with Gasteiger partial charge >= 0.3 is 0 Å². The van der Waals surface area contributed by atoms with Crippen molar-refractivity contribution in [2.75, 3.05) is 6.61 Å². The second-order valence-corrected chi connectivity index (χ2v) is 6.64. The van der Waals surface area contributed by atoms with Crippen molar-refractivity contribution < 1.29 is 18.8 Å². The largest absolute Gasteiger partial charge is 0.485 e. The lowest BCUT2D eigenvalue weighted by molar-refractivity contribution is -0.133. The van der Waals surface area contributed by atoms with Gasteiger partial charge < -0.3 is 19.3 Å². The molecule has 1 saturated carbocycles. The van der Waals surface area contributed by atoms with Crippen LogP contribution in [0, 0.1) is 6.92 Å². The lowest BCUT2D eigenvalue weighted by atomic mass is 9.81. The van der Waals surface area contributed by atoms with E-state index in [1.54, 1.807) is 13.0 Å². The molecule has 1 aliphatic carbocycles. The van der Waals surface area contributed by atoms with Crippen molar-refractivity contribution in [1.29, 1.82) is 0 Å². The Balaban J connectivity index is 1.53. The van der Waals surface area contributed by atoms with E-state index in [2.05, 4.69) is 15.5 Å². The highest BCUT2D eigenvalue weighted by Crippen LogP contribution is 2.37. The smallest absolute Gasteiger partial charge is 0.265 e. The third kappa shape index (κ3) is 3.06. The van der Waals surface area contributed by atoms with Gasteiger partial charge in [-0.25, -0.2) is 0 Å². The number of benzene rings is 1. The van der Waals surface area contributed by atoms with Gasteiger partial charge in [0.2, 0.25) is 6.10 Å². The summed E-state index contributed by atoms with van der Waals surface area (Å²) in [6.45, 7) is 1.96. The van der Waals surface area contributed by atoms with Crippen molar-refractivity contribution in [3.63, 3.8) is 0 Å². The maximum atomic E-state index is 12.9. The molecule has 25 heavy (non-hydrogen) atoms. The van der Waals surface area contributed by atoms with Gasteiger partial charge in [0, 0.05) is 0 Å². The van der Waals surface area contributed by atoms with Crippen LogP contribution in [0.15, 0.2) is 28.8 Å². The monoisotopic (exact) mass is 343 g/mol. The van der Waals surface area contributed by atoms with E-state index in [-0.39, 0.29) is 12.5 Å². The van der Waals surface area contributed by atoms with Crippen molar-refractivity contribution in [2.24, 2.45) is 0 Å². The second kappa shape index (κ2) is 6.38. The molecule has 1 aromatic carbocycles. The van der Waals surface area contributed by atoms with Crippen LogP contribution in [0.4, 0.5) is 0 Å². The first-order valence-electron chi connectivity index (χ1n) is 8.68. The Labute approximate surface area is 145 Å². The summed E-state index contributed by atoms with van der Waals surface area (Å²) in [5, 5.41) is 7.02. The number of aromatic nitrogens is 2.